The molecule has 1 aliphatic rings. The van der Waals surface area contributed by atoms with E-state index < -0.39 is 0 Å². The lowest BCUT2D eigenvalue weighted by molar-refractivity contribution is 0.322. The number of likely N-dealkylation sites (tertiary alicyclic amines) is 1. The van der Waals surface area contributed by atoms with Crippen molar-refractivity contribution in [1.82, 2.24) is 4.90 Å². The molecule has 3 heteroatoms. The van der Waals surface area contributed by atoms with E-state index in [9.17, 15) is 4.39 Å². The smallest absolute Gasteiger partial charge is 0.123 e. The Morgan fingerprint density at radius 2 is 1.81 bits per heavy atom. The molecule has 0 radical (unpaired) electrons. The van der Waals surface area contributed by atoms with Crippen LogP contribution in [0.1, 0.15) is 30.9 Å². The summed E-state index contributed by atoms with van der Waals surface area (Å²) in [5.41, 5.74) is 7.10. The molecule has 1 aromatic rings. The van der Waals surface area contributed by atoms with Crippen LogP contribution in [0.25, 0.3) is 0 Å². The monoisotopic (exact) mass is 222 g/mol. The van der Waals surface area contributed by atoms with Crippen LogP contribution >= 0.6 is 0 Å². The second kappa shape index (κ2) is 5.41. The van der Waals surface area contributed by atoms with Crippen molar-refractivity contribution in [2.75, 3.05) is 19.6 Å². The zero-order valence-corrected chi connectivity index (χ0v) is 9.53. The third kappa shape index (κ3) is 3.03. The largest absolute Gasteiger partial charge is 0.324 e. The first kappa shape index (κ1) is 11.6. The minimum absolute atomic E-state index is 0.0289. The Morgan fingerprint density at radius 3 is 2.44 bits per heavy atom. The third-order valence-corrected chi connectivity index (χ3v) is 3.25. The average molecular weight is 222 g/mol. The van der Waals surface area contributed by atoms with E-state index in [0.29, 0.717) is 0 Å². The quantitative estimate of drug-likeness (QED) is 0.847. The highest BCUT2D eigenvalue weighted by Crippen LogP contribution is 2.16. The number of hydrogen-bond acceptors (Lipinski definition) is 2. The standard InChI is InChI=1S/C13H19FN2/c14-12-5-3-11(4-6-12)13(15)7-10-16-8-1-2-9-16/h3-6,13H,1-2,7-10,15H2. The van der Waals surface area contributed by atoms with E-state index in [2.05, 4.69) is 4.90 Å². The third-order valence-electron chi connectivity index (χ3n) is 3.25. The Bertz CT molecular complexity index is 317. The topological polar surface area (TPSA) is 29.3 Å². The first-order valence-corrected chi connectivity index (χ1v) is 5.99. The minimum atomic E-state index is -0.199. The van der Waals surface area contributed by atoms with Gasteiger partial charge in [-0.05, 0) is 56.6 Å². The fourth-order valence-electron chi connectivity index (χ4n) is 2.20. The summed E-state index contributed by atoms with van der Waals surface area (Å²) in [6.07, 6.45) is 3.57. The Morgan fingerprint density at radius 1 is 1.19 bits per heavy atom. The summed E-state index contributed by atoms with van der Waals surface area (Å²) in [6.45, 7) is 3.46. The lowest BCUT2D eigenvalue weighted by Crippen LogP contribution is -2.24. The Labute approximate surface area is 96.2 Å². The fourth-order valence-corrected chi connectivity index (χ4v) is 2.20. The number of benzene rings is 1. The molecule has 2 N–H and O–H groups in total. The Balaban J connectivity index is 1.82. The van der Waals surface area contributed by atoms with Gasteiger partial charge >= 0.3 is 0 Å². The van der Waals surface area contributed by atoms with Crippen molar-refractivity contribution >= 4 is 0 Å². The van der Waals surface area contributed by atoms with Gasteiger partial charge in [-0.15, -0.1) is 0 Å². The van der Waals surface area contributed by atoms with Crippen LogP contribution in [0.3, 0.4) is 0 Å². The van der Waals surface area contributed by atoms with Gasteiger partial charge in [0.05, 0.1) is 0 Å². The molecule has 1 saturated heterocycles. The Kier molecular flexibility index (Phi) is 3.91. The average Bonchev–Trinajstić information content (AvgIpc) is 2.80. The molecule has 0 aliphatic carbocycles. The van der Waals surface area contributed by atoms with Crippen molar-refractivity contribution in [3.63, 3.8) is 0 Å². The molecule has 1 unspecified atom stereocenters. The van der Waals surface area contributed by atoms with Crippen molar-refractivity contribution < 1.29 is 4.39 Å². The molecule has 0 bridgehead atoms. The van der Waals surface area contributed by atoms with Gasteiger partial charge < -0.3 is 10.6 Å². The molecule has 1 heterocycles. The van der Waals surface area contributed by atoms with Gasteiger partial charge in [0.1, 0.15) is 5.82 Å². The molecule has 0 amide bonds. The van der Waals surface area contributed by atoms with Gasteiger partial charge in [-0.1, -0.05) is 12.1 Å². The second-order valence-corrected chi connectivity index (χ2v) is 4.50. The summed E-state index contributed by atoms with van der Waals surface area (Å²) in [5.74, 6) is -0.199. The van der Waals surface area contributed by atoms with Gasteiger partial charge in [0.15, 0.2) is 0 Å². The maximum atomic E-state index is 12.7. The lowest BCUT2D eigenvalue weighted by atomic mass is 10.0. The number of nitrogens with two attached hydrogens (primary N) is 1. The molecular weight excluding hydrogens is 203 g/mol. The van der Waals surface area contributed by atoms with E-state index in [4.69, 9.17) is 5.73 Å². The maximum Gasteiger partial charge on any atom is 0.123 e. The van der Waals surface area contributed by atoms with Crippen LogP contribution in [0.5, 0.6) is 0 Å². The van der Waals surface area contributed by atoms with E-state index in [1.54, 1.807) is 12.1 Å². The molecule has 2 nitrogen and oxygen atoms in total. The zero-order valence-electron chi connectivity index (χ0n) is 9.53. The highest BCUT2D eigenvalue weighted by Gasteiger charge is 2.13. The lowest BCUT2D eigenvalue weighted by Gasteiger charge is -2.18. The molecule has 1 fully saturated rings. The number of halogens is 1. The van der Waals surface area contributed by atoms with Crippen LogP contribution in [0.2, 0.25) is 0 Å². The van der Waals surface area contributed by atoms with Gasteiger partial charge in [0.25, 0.3) is 0 Å². The minimum Gasteiger partial charge on any atom is -0.324 e. The summed E-state index contributed by atoms with van der Waals surface area (Å²) in [7, 11) is 0. The number of rotatable bonds is 4. The highest BCUT2D eigenvalue weighted by atomic mass is 19.1. The first-order valence-electron chi connectivity index (χ1n) is 5.99. The molecule has 2 rings (SSSR count). The first-order chi connectivity index (χ1) is 7.75. The van der Waals surface area contributed by atoms with Crippen LogP contribution in [0, 0.1) is 5.82 Å². The predicted octanol–water partition coefficient (Wildman–Crippen LogP) is 2.31. The molecule has 0 spiro atoms. The van der Waals surface area contributed by atoms with Crippen LogP contribution in [-0.2, 0) is 0 Å². The van der Waals surface area contributed by atoms with E-state index >= 15 is 0 Å². The van der Waals surface area contributed by atoms with Crippen LogP contribution in [0.15, 0.2) is 24.3 Å². The van der Waals surface area contributed by atoms with Crippen molar-refractivity contribution in [1.29, 1.82) is 0 Å². The molecular formula is C13H19FN2. The van der Waals surface area contributed by atoms with E-state index in [1.807, 2.05) is 0 Å². The van der Waals surface area contributed by atoms with Gasteiger partial charge in [-0.25, -0.2) is 4.39 Å². The number of nitrogens with zero attached hydrogens (tertiary/aromatic N) is 1. The summed E-state index contributed by atoms with van der Waals surface area (Å²) < 4.78 is 12.7. The van der Waals surface area contributed by atoms with Gasteiger partial charge in [0, 0.05) is 6.04 Å². The summed E-state index contributed by atoms with van der Waals surface area (Å²) in [4.78, 5) is 2.45. The molecule has 88 valence electrons. The van der Waals surface area contributed by atoms with E-state index in [0.717, 1.165) is 18.5 Å². The predicted molar refractivity (Wildman–Crippen MR) is 63.6 cm³/mol. The van der Waals surface area contributed by atoms with Gasteiger partial charge in [-0.2, -0.15) is 0 Å². The van der Waals surface area contributed by atoms with Crippen molar-refractivity contribution in [3.05, 3.63) is 35.6 Å². The fraction of sp³-hybridized carbons (Fsp3) is 0.538. The molecule has 1 atom stereocenters. The van der Waals surface area contributed by atoms with Crippen molar-refractivity contribution in [2.45, 2.75) is 25.3 Å². The van der Waals surface area contributed by atoms with E-state index in [-0.39, 0.29) is 11.9 Å². The maximum absolute atomic E-state index is 12.7. The normalized spacial score (nSPS) is 18.9. The SMILES string of the molecule is NC(CCN1CCCC1)c1ccc(F)cc1. The number of hydrogen-bond donors (Lipinski definition) is 1. The summed E-state index contributed by atoms with van der Waals surface area (Å²) >= 11 is 0. The van der Waals surface area contributed by atoms with Crippen molar-refractivity contribution in [2.24, 2.45) is 5.73 Å². The molecule has 0 aromatic heterocycles. The van der Waals surface area contributed by atoms with Crippen molar-refractivity contribution in [3.8, 4) is 0 Å². The summed E-state index contributed by atoms with van der Waals surface area (Å²) in [6, 6.07) is 6.55. The Hall–Kier alpha value is -0.930. The van der Waals surface area contributed by atoms with Gasteiger partial charge in [0.2, 0.25) is 0 Å². The second-order valence-electron chi connectivity index (χ2n) is 4.50. The molecule has 16 heavy (non-hydrogen) atoms. The summed E-state index contributed by atoms with van der Waals surface area (Å²) in [5, 5.41) is 0. The van der Waals surface area contributed by atoms with Crippen LogP contribution < -0.4 is 5.73 Å². The van der Waals surface area contributed by atoms with Gasteiger partial charge in [-0.3, -0.25) is 0 Å². The molecule has 1 aliphatic heterocycles. The van der Waals surface area contributed by atoms with Crippen LogP contribution in [0.4, 0.5) is 4.39 Å². The molecule has 0 saturated carbocycles. The van der Waals surface area contributed by atoms with Crippen LogP contribution in [-0.4, -0.2) is 24.5 Å². The zero-order chi connectivity index (χ0) is 11.4. The highest BCUT2D eigenvalue weighted by molar-refractivity contribution is 5.19. The molecule has 1 aromatic carbocycles. The van der Waals surface area contributed by atoms with E-state index in [1.165, 1.54) is 38.1 Å².